The molecule has 1 rings (SSSR count). The van der Waals surface area contributed by atoms with E-state index in [1.165, 1.54) is 0 Å². The van der Waals surface area contributed by atoms with Crippen molar-refractivity contribution < 1.29 is 14.3 Å². The second-order valence-corrected chi connectivity index (χ2v) is 5.15. The number of carbonyl (C=O) groups excluding carboxylic acids is 2. The highest BCUT2D eigenvalue weighted by Gasteiger charge is 2.36. The lowest BCUT2D eigenvalue weighted by Crippen LogP contribution is -2.62. The van der Waals surface area contributed by atoms with Gasteiger partial charge in [-0.3, -0.25) is 9.59 Å². The minimum absolute atomic E-state index is 0.0189. The number of ether oxygens (including phenoxy) is 1. The molecule has 1 heterocycles. The summed E-state index contributed by atoms with van der Waals surface area (Å²) in [6.07, 6.45) is 0.633. The van der Waals surface area contributed by atoms with Gasteiger partial charge in [-0.15, -0.1) is 0 Å². The molecule has 1 aliphatic heterocycles. The Labute approximate surface area is 109 Å². The third-order valence-corrected chi connectivity index (χ3v) is 3.01. The van der Waals surface area contributed by atoms with Crippen molar-refractivity contribution in [3.63, 3.8) is 0 Å². The number of rotatable bonds is 6. The lowest BCUT2D eigenvalue weighted by atomic mass is 10.1. The zero-order valence-corrected chi connectivity index (χ0v) is 11.7. The molecule has 0 radical (unpaired) electrons. The minimum Gasteiger partial charge on any atom is -0.379 e. The molecular formula is C13H24N2O3. The Kier molecular flexibility index (Phi) is 5.59. The Hall–Kier alpha value is -1.10. The second-order valence-electron chi connectivity index (χ2n) is 5.15. The summed E-state index contributed by atoms with van der Waals surface area (Å²) in [7, 11) is 0. The normalized spacial score (nSPS) is 24.6. The van der Waals surface area contributed by atoms with Crippen molar-refractivity contribution in [3.05, 3.63) is 0 Å². The molecule has 0 aromatic carbocycles. The van der Waals surface area contributed by atoms with E-state index >= 15 is 0 Å². The van der Waals surface area contributed by atoms with Gasteiger partial charge >= 0.3 is 0 Å². The first-order valence-electron chi connectivity index (χ1n) is 6.66. The minimum atomic E-state index is -0.426. The Morgan fingerprint density at radius 1 is 1.39 bits per heavy atom. The summed E-state index contributed by atoms with van der Waals surface area (Å²) in [4.78, 5) is 25.5. The molecule has 2 atom stereocenters. The predicted octanol–water partition coefficient (Wildman–Crippen LogP) is 0.785. The summed E-state index contributed by atoms with van der Waals surface area (Å²) >= 11 is 0. The van der Waals surface area contributed by atoms with Crippen LogP contribution in [0, 0.1) is 5.92 Å². The molecule has 0 bridgehead atoms. The SMILES string of the molecule is CCC1C(=O)NC(C)C(=O)N1CCOCC(C)C. The first-order valence-corrected chi connectivity index (χ1v) is 6.66. The van der Waals surface area contributed by atoms with Gasteiger partial charge in [0, 0.05) is 13.2 Å². The molecule has 2 unspecified atom stereocenters. The largest absolute Gasteiger partial charge is 0.379 e. The first kappa shape index (κ1) is 15.0. The third-order valence-electron chi connectivity index (χ3n) is 3.01. The molecule has 2 amide bonds. The third kappa shape index (κ3) is 3.70. The van der Waals surface area contributed by atoms with E-state index in [2.05, 4.69) is 19.2 Å². The van der Waals surface area contributed by atoms with Gasteiger partial charge in [-0.05, 0) is 19.3 Å². The highest BCUT2D eigenvalue weighted by atomic mass is 16.5. The van der Waals surface area contributed by atoms with Gasteiger partial charge in [0.15, 0.2) is 0 Å². The highest BCUT2D eigenvalue weighted by Crippen LogP contribution is 2.12. The van der Waals surface area contributed by atoms with E-state index in [1.54, 1.807) is 11.8 Å². The van der Waals surface area contributed by atoms with Gasteiger partial charge in [0.2, 0.25) is 11.8 Å². The van der Waals surface area contributed by atoms with Crippen LogP contribution >= 0.6 is 0 Å². The fourth-order valence-electron chi connectivity index (χ4n) is 2.07. The molecule has 5 nitrogen and oxygen atoms in total. The standard InChI is InChI=1S/C13H24N2O3/c1-5-11-12(16)14-10(4)13(17)15(11)6-7-18-8-9(2)3/h9-11H,5-8H2,1-4H3,(H,14,16). The average Bonchev–Trinajstić information content (AvgIpc) is 2.30. The van der Waals surface area contributed by atoms with E-state index in [4.69, 9.17) is 4.74 Å². The maximum atomic E-state index is 12.0. The van der Waals surface area contributed by atoms with Crippen LogP contribution in [0.25, 0.3) is 0 Å². The lowest BCUT2D eigenvalue weighted by molar-refractivity contribution is -0.149. The van der Waals surface area contributed by atoms with Crippen molar-refractivity contribution in [2.45, 2.75) is 46.2 Å². The van der Waals surface area contributed by atoms with E-state index in [9.17, 15) is 9.59 Å². The molecule has 0 aliphatic carbocycles. The summed E-state index contributed by atoms with van der Waals surface area (Å²) in [5, 5.41) is 2.70. The Morgan fingerprint density at radius 3 is 2.61 bits per heavy atom. The summed E-state index contributed by atoms with van der Waals surface area (Å²) in [5.41, 5.74) is 0. The fraction of sp³-hybridized carbons (Fsp3) is 0.846. The van der Waals surface area contributed by atoms with E-state index in [0.29, 0.717) is 32.1 Å². The molecule has 1 aliphatic rings. The average molecular weight is 256 g/mol. The summed E-state index contributed by atoms with van der Waals surface area (Å²) in [6.45, 7) is 9.44. The Balaban J connectivity index is 2.52. The molecule has 1 saturated heterocycles. The van der Waals surface area contributed by atoms with Crippen molar-refractivity contribution in [1.82, 2.24) is 10.2 Å². The van der Waals surface area contributed by atoms with Gasteiger partial charge in [0.1, 0.15) is 12.1 Å². The number of piperazine rings is 1. The zero-order chi connectivity index (χ0) is 13.7. The Morgan fingerprint density at radius 2 is 2.06 bits per heavy atom. The highest BCUT2D eigenvalue weighted by molar-refractivity contribution is 5.96. The van der Waals surface area contributed by atoms with Crippen LogP contribution in [0.1, 0.15) is 34.1 Å². The molecule has 1 N–H and O–H groups in total. The van der Waals surface area contributed by atoms with Crippen LogP contribution in [0.5, 0.6) is 0 Å². The topological polar surface area (TPSA) is 58.6 Å². The molecule has 0 spiro atoms. The summed E-state index contributed by atoms with van der Waals surface area (Å²) < 4.78 is 5.48. The van der Waals surface area contributed by atoms with E-state index in [0.717, 1.165) is 0 Å². The van der Waals surface area contributed by atoms with E-state index in [-0.39, 0.29) is 17.9 Å². The smallest absolute Gasteiger partial charge is 0.245 e. The molecule has 0 aromatic heterocycles. The molecule has 5 heteroatoms. The zero-order valence-electron chi connectivity index (χ0n) is 11.7. The molecule has 0 saturated carbocycles. The van der Waals surface area contributed by atoms with Crippen LogP contribution < -0.4 is 5.32 Å². The van der Waals surface area contributed by atoms with E-state index in [1.807, 2.05) is 6.92 Å². The maximum absolute atomic E-state index is 12.0. The van der Waals surface area contributed by atoms with Gasteiger partial charge < -0.3 is 15.0 Å². The quantitative estimate of drug-likeness (QED) is 0.715. The Bertz CT molecular complexity index is 305. The molecule has 1 fully saturated rings. The van der Waals surface area contributed by atoms with Crippen LogP contribution in [0.4, 0.5) is 0 Å². The summed E-state index contributed by atoms with van der Waals surface area (Å²) in [5.74, 6) is 0.398. The molecular weight excluding hydrogens is 232 g/mol. The van der Waals surface area contributed by atoms with Crippen LogP contribution in [-0.2, 0) is 14.3 Å². The van der Waals surface area contributed by atoms with Gasteiger partial charge in [-0.2, -0.15) is 0 Å². The van der Waals surface area contributed by atoms with Gasteiger partial charge in [0.25, 0.3) is 0 Å². The van der Waals surface area contributed by atoms with Crippen LogP contribution in [0.15, 0.2) is 0 Å². The van der Waals surface area contributed by atoms with Gasteiger partial charge in [-0.1, -0.05) is 20.8 Å². The van der Waals surface area contributed by atoms with Crippen molar-refractivity contribution in [1.29, 1.82) is 0 Å². The van der Waals surface area contributed by atoms with Crippen molar-refractivity contribution in [3.8, 4) is 0 Å². The number of amides is 2. The molecule has 0 aromatic rings. The number of nitrogens with zero attached hydrogens (tertiary/aromatic N) is 1. The van der Waals surface area contributed by atoms with Crippen molar-refractivity contribution >= 4 is 11.8 Å². The monoisotopic (exact) mass is 256 g/mol. The van der Waals surface area contributed by atoms with Crippen LogP contribution in [0.2, 0.25) is 0 Å². The maximum Gasteiger partial charge on any atom is 0.245 e. The van der Waals surface area contributed by atoms with Crippen LogP contribution in [-0.4, -0.2) is 48.6 Å². The fourth-order valence-corrected chi connectivity index (χ4v) is 2.07. The number of nitrogens with one attached hydrogen (secondary N) is 1. The summed E-state index contributed by atoms with van der Waals surface area (Å²) in [6, 6.07) is -0.776. The van der Waals surface area contributed by atoms with Crippen molar-refractivity contribution in [2.24, 2.45) is 5.92 Å². The van der Waals surface area contributed by atoms with Gasteiger partial charge in [0.05, 0.1) is 6.61 Å². The van der Waals surface area contributed by atoms with E-state index < -0.39 is 6.04 Å². The molecule has 104 valence electrons. The number of carbonyl (C=O) groups is 2. The molecule has 18 heavy (non-hydrogen) atoms. The number of hydrogen-bond acceptors (Lipinski definition) is 3. The first-order chi connectivity index (χ1) is 8.47. The van der Waals surface area contributed by atoms with Crippen molar-refractivity contribution in [2.75, 3.05) is 19.8 Å². The van der Waals surface area contributed by atoms with Crippen LogP contribution in [0.3, 0.4) is 0 Å². The lowest BCUT2D eigenvalue weighted by Gasteiger charge is -2.37. The number of hydrogen-bond donors (Lipinski definition) is 1. The predicted molar refractivity (Wildman–Crippen MR) is 69.1 cm³/mol. The van der Waals surface area contributed by atoms with Gasteiger partial charge in [-0.25, -0.2) is 0 Å². The second kappa shape index (κ2) is 6.73.